The molecule has 0 saturated carbocycles. The second kappa shape index (κ2) is 5.48. The van der Waals surface area contributed by atoms with Crippen molar-refractivity contribution in [3.05, 3.63) is 34.4 Å². The van der Waals surface area contributed by atoms with Crippen molar-refractivity contribution in [1.29, 1.82) is 0 Å². The molecule has 0 spiro atoms. The Morgan fingerprint density at radius 1 is 1.20 bits per heavy atom. The van der Waals surface area contributed by atoms with Gasteiger partial charge in [0, 0.05) is 6.07 Å². The standard InChI is InChI=1S/C14H19NO5/c1-13(2,3)20-12(16)14(4,5)19-11-8-6-7-10(9-11)15(17)18/h6-9H,1-5H3. The third kappa shape index (κ3) is 4.53. The molecule has 6 heteroatoms. The maximum absolute atomic E-state index is 12.0. The first-order valence-electron chi connectivity index (χ1n) is 6.18. The molecule has 1 rings (SSSR count). The topological polar surface area (TPSA) is 78.7 Å². The van der Waals surface area contributed by atoms with Crippen molar-refractivity contribution in [2.45, 2.75) is 45.8 Å². The molecule has 110 valence electrons. The van der Waals surface area contributed by atoms with Gasteiger partial charge in [-0.1, -0.05) is 6.07 Å². The summed E-state index contributed by atoms with van der Waals surface area (Å²) < 4.78 is 10.8. The van der Waals surface area contributed by atoms with Crippen LogP contribution in [0.15, 0.2) is 24.3 Å². The smallest absolute Gasteiger partial charge is 0.350 e. The van der Waals surface area contributed by atoms with Gasteiger partial charge in [0.15, 0.2) is 5.60 Å². The highest BCUT2D eigenvalue weighted by atomic mass is 16.6. The number of non-ortho nitro benzene ring substituents is 1. The Morgan fingerprint density at radius 3 is 2.30 bits per heavy atom. The van der Waals surface area contributed by atoms with E-state index in [9.17, 15) is 14.9 Å². The molecule has 0 aliphatic rings. The van der Waals surface area contributed by atoms with Crippen LogP contribution in [0.25, 0.3) is 0 Å². The van der Waals surface area contributed by atoms with E-state index < -0.39 is 22.1 Å². The van der Waals surface area contributed by atoms with Crippen LogP contribution in [0, 0.1) is 10.1 Å². The Hall–Kier alpha value is -2.11. The Bertz CT molecular complexity index is 517. The number of nitro benzene ring substituents is 1. The van der Waals surface area contributed by atoms with E-state index in [0.29, 0.717) is 0 Å². The van der Waals surface area contributed by atoms with Crippen LogP contribution in [-0.2, 0) is 9.53 Å². The van der Waals surface area contributed by atoms with E-state index in [1.807, 2.05) is 0 Å². The number of carbonyl (C=O) groups is 1. The Balaban J connectivity index is 2.88. The normalized spacial score (nSPS) is 11.8. The van der Waals surface area contributed by atoms with Crippen LogP contribution in [0.3, 0.4) is 0 Å². The Morgan fingerprint density at radius 2 is 1.80 bits per heavy atom. The molecule has 1 aromatic rings. The second-order valence-corrected chi connectivity index (χ2v) is 5.87. The third-order valence-electron chi connectivity index (χ3n) is 2.29. The molecule has 0 aliphatic heterocycles. The summed E-state index contributed by atoms with van der Waals surface area (Å²) in [7, 11) is 0. The van der Waals surface area contributed by atoms with Crippen molar-refractivity contribution < 1.29 is 19.2 Å². The zero-order valence-electron chi connectivity index (χ0n) is 12.3. The average molecular weight is 281 g/mol. The lowest BCUT2D eigenvalue weighted by molar-refractivity contribution is -0.385. The number of esters is 1. The van der Waals surface area contributed by atoms with Gasteiger partial charge >= 0.3 is 5.97 Å². The summed E-state index contributed by atoms with van der Waals surface area (Å²) in [5, 5.41) is 10.7. The monoisotopic (exact) mass is 281 g/mol. The molecule has 0 heterocycles. The summed E-state index contributed by atoms with van der Waals surface area (Å²) in [4.78, 5) is 22.2. The van der Waals surface area contributed by atoms with E-state index in [2.05, 4.69) is 0 Å². The van der Waals surface area contributed by atoms with Crippen LogP contribution in [0.5, 0.6) is 5.75 Å². The van der Waals surface area contributed by atoms with E-state index in [-0.39, 0.29) is 11.4 Å². The third-order valence-corrected chi connectivity index (χ3v) is 2.29. The molecule has 0 aliphatic carbocycles. The number of ether oxygens (including phenoxy) is 2. The van der Waals surface area contributed by atoms with E-state index in [0.717, 1.165) is 0 Å². The van der Waals surface area contributed by atoms with E-state index >= 15 is 0 Å². The molecule has 0 aromatic heterocycles. The summed E-state index contributed by atoms with van der Waals surface area (Å²) >= 11 is 0. The van der Waals surface area contributed by atoms with Gasteiger partial charge in [0.05, 0.1) is 11.0 Å². The number of hydrogen-bond acceptors (Lipinski definition) is 5. The predicted molar refractivity (Wildman–Crippen MR) is 73.6 cm³/mol. The van der Waals surface area contributed by atoms with Crippen molar-refractivity contribution in [2.75, 3.05) is 0 Å². The van der Waals surface area contributed by atoms with Crippen LogP contribution in [0.2, 0.25) is 0 Å². The molecule has 6 nitrogen and oxygen atoms in total. The van der Waals surface area contributed by atoms with Gasteiger partial charge in [-0.3, -0.25) is 10.1 Å². The van der Waals surface area contributed by atoms with Gasteiger partial charge in [0.25, 0.3) is 5.69 Å². The fourth-order valence-electron chi connectivity index (χ4n) is 1.40. The van der Waals surface area contributed by atoms with Gasteiger partial charge in [0.1, 0.15) is 11.4 Å². The molecular formula is C14H19NO5. The van der Waals surface area contributed by atoms with Crippen molar-refractivity contribution in [3.63, 3.8) is 0 Å². The van der Waals surface area contributed by atoms with Gasteiger partial charge in [0.2, 0.25) is 0 Å². The lowest BCUT2D eigenvalue weighted by Crippen LogP contribution is -2.43. The van der Waals surface area contributed by atoms with Gasteiger partial charge < -0.3 is 9.47 Å². The maximum Gasteiger partial charge on any atom is 0.350 e. The zero-order chi connectivity index (χ0) is 15.6. The SMILES string of the molecule is CC(C)(C)OC(=O)C(C)(C)Oc1cccc([N+](=O)[O-])c1. The number of nitrogens with zero attached hydrogens (tertiary/aromatic N) is 1. The summed E-state index contributed by atoms with van der Waals surface area (Å²) in [5.74, 6) is -0.286. The first-order chi connectivity index (χ1) is 9.01. The molecule has 20 heavy (non-hydrogen) atoms. The van der Waals surface area contributed by atoms with Gasteiger partial charge in [-0.25, -0.2) is 4.79 Å². The van der Waals surface area contributed by atoms with Crippen LogP contribution in [0.4, 0.5) is 5.69 Å². The maximum atomic E-state index is 12.0. The predicted octanol–water partition coefficient (Wildman–Crippen LogP) is 3.09. The molecule has 0 bridgehead atoms. The largest absolute Gasteiger partial charge is 0.476 e. The fourth-order valence-corrected chi connectivity index (χ4v) is 1.40. The van der Waals surface area contributed by atoms with E-state index in [4.69, 9.17) is 9.47 Å². The minimum atomic E-state index is -1.23. The first kappa shape index (κ1) is 15.9. The van der Waals surface area contributed by atoms with Gasteiger partial charge in [-0.2, -0.15) is 0 Å². The molecule has 1 aromatic carbocycles. The summed E-state index contributed by atoms with van der Waals surface area (Å²) in [6.07, 6.45) is 0. The summed E-state index contributed by atoms with van der Waals surface area (Å²) in [6, 6.07) is 5.68. The van der Waals surface area contributed by atoms with Crippen molar-refractivity contribution in [2.24, 2.45) is 0 Å². The van der Waals surface area contributed by atoms with E-state index in [1.54, 1.807) is 40.7 Å². The molecule has 0 atom stereocenters. The van der Waals surface area contributed by atoms with Gasteiger partial charge in [-0.05, 0) is 40.7 Å². The van der Waals surface area contributed by atoms with Crippen molar-refractivity contribution >= 4 is 11.7 Å². The minimum Gasteiger partial charge on any atom is -0.476 e. The fraction of sp³-hybridized carbons (Fsp3) is 0.500. The Labute approximate surface area is 117 Å². The zero-order valence-corrected chi connectivity index (χ0v) is 12.3. The number of rotatable bonds is 4. The summed E-state index contributed by atoms with van der Waals surface area (Å²) in [6.45, 7) is 8.39. The van der Waals surface area contributed by atoms with Gasteiger partial charge in [-0.15, -0.1) is 0 Å². The van der Waals surface area contributed by atoms with Crippen LogP contribution in [-0.4, -0.2) is 22.1 Å². The number of carbonyl (C=O) groups excluding carboxylic acids is 1. The molecule has 0 unspecified atom stereocenters. The van der Waals surface area contributed by atoms with E-state index in [1.165, 1.54) is 18.2 Å². The lowest BCUT2D eigenvalue weighted by Gasteiger charge is -2.29. The molecule has 0 N–H and O–H groups in total. The van der Waals surface area contributed by atoms with Crippen LogP contribution >= 0.6 is 0 Å². The molecular weight excluding hydrogens is 262 g/mol. The Kier molecular flexibility index (Phi) is 4.37. The van der Waals surface area contributed by atoms with Crippen LogP contribution in [0.1, 0.15) is 34.6 Å². The summed E-state index contributed by atoms with van der Waals surface area (Å²) in [5.41, 5.74) is -1.95. The molecule has 0 amide bonds. The number of hydrogen-bond donors (Lipinski definition) is 0. The van der Waals surface area contributed by atoms with Crippen molar-refractivity contribution in [1.82, 2.24) is 0 Å². The first-order valence-corrected chi connectivity index (χ1v) is 6.18. The highest BCUT2D eigenvalue weighted by Crippen LogP contribution is 2.25. The highest BCUT2D eigenvalue weighted by Gasteiger charge is 2.35. The average Bonchev–Trinajstić information content (AvgIpc) is 2.26. The van der Waals surface area contributed by atoms with Crippen LogP contribution < -0.4 is 4.74 Å². The molecule has 0 radical (unpaired) electrons. The molecule has 0 saturated heterocycles. The lowest BCUT2D eigenvalue weighted by atomic mass is 10.1. The highest BCUT2D eigenvalue weighted by molar-refractivity contribution is 5.79. The number of nitro groups is 1. The second-order valence-electron chi connectivity index (χ2n) is 5.87. The minimum absolute atomic E-state index is 0.0949. The quantitative estimate of drug-likeness (QED) is 0.481. The van der Waals surface area contributed by atoms with Crippen molar-refractivity contribution in [3.8, 4) is 5.75 Å². The number of benzene rings is 1. The molecule has 0 fully saturated rings.